The van der Waals surface area contributed by atoms with Gasteiger partial charge in [-0.25, -0.2) is 0 Å². The van der Waals surface area contributed by atoms with Gasteiger partial charge in [-0.15, -0.1) is 0 Å². The summed E-state index contributed by atoms with van der Waals surface area (Å²) in [6.45, 7) is 7.06. The molecule has 0 aromatic rings. The number of hydrogen-bond acceptors (Lipinski definition) is 2. The molecule has 0 aromatic heterocycles. The summed E-state index contributed by atoms with van der Waals surface area (Å²) in [5.41, 5.74) is 0. The minimum Gasteiger partial charge on any atom is -0.466 e. The average molecular weight is 214 g/mol. The molecule has 0 radical (unpaired) electrons. The third-order valence-corrected chi connectivity index (χ3v) is 2.44. The van der Waals surface area contributed by atoms with Gasteiger partial charge >= 0.3 is 5.97 Å². The predicted molar refractivity (Wildman–Crippen MR) is 63.8 cm³/mol. The highest BCUT2D eigenvalue weighted by atomic mass is 16.5. The Labute approximate surface area is 94.4 Å². The Kier molecular flexibility index (Phi) is 9.65. The fraction of sp³-hybridized carbons (Fsp3) is 0.923. The second kappa shape index (κ2) is 10.0. The molecule has 2 nitrogen and oxygen atoms in total. The van der Waals surface area contributed by atoms with Crippen molar-refractivity contribution >= 4 is 5.97 Å². The van der Waals surface area contributed by atoms with Crippen molar-refractivity contribution in [2.45, 2.75) is 65.7 Å². The van der Waals surface area contributed by atoms with Crippen LogP contribution in [0.15, 0.2) is 0 Å². The van der Waals surface area contributed by atoms with Gasteiger partial charge in [-0.3, -0.25) is 4.79 Å². The minimum absolute atomic E-state index is 0.0212. The summed E-state index contributed by atoms with van der Waals surface area (Å²) in [4.78, 5) is 11.2. The van der Waals surface area contributed by atoms with E-state index in [0.29, 0.717) is 18.9 Å². The predicted octanol–water partition coefficient (Wildman–Crippen LogP) is 3.94. The molecule has 90 valence electrons. The molecule has 0 unspecified atom stereocenters. The van der Waals surface area contributed by atoms with Crippen molar-refractivity contribution in [3.63, 3.8) is 0 Å². The minimum atomic E-state index is -0.0212. The molecule has 0 saturated carbocycles. The molecule has 0 amide bonds. The second-order valence-electron chi connectivity index (χ2n) is 4.57. The molecule has 0 saturated heterocycles. The molecule has 0 aromatic carbocycles. The van der Waals surface area contributed by atoms with E-state index in [1.165, 1.54) is 19.3 Å². The molecular weight excluding hydrogens is 188 g/mol. The lowest BCUT2D eigenvalue weighted by molar-refractivity contribution is -0.144. The molecule has 0 atom stereocenters. The maximum absolute atomic E-state index is 11.2. The van der Waals surface area contributed by atoms with E-state index in [9.17, 15) is 4.79 Å². The van der Waals surface area contributed by atoms with Gasteiger partial charge in [0.15, 0.2) is 0 Å². The van der Waals surface area contributed by atoms with Gasteiger partial charge < -0.3 is 4.74 Å². The Morgan fingerprint density at radius 2 is 1.80 bits per heavy atom. The van der Waals surface area contributed by atoms with Crippen LogP contribution in [0.2, 0.25) is 0 Å². The summed E-state index contributed by atoms with van der Waals surface area (Å²) in [5, 5.41) is 0. The lowest BCUT2D eigenvalue weighted by Gasteiger charge is -2.06. The van der Waals surface area contributed by atoms with Crippen LogP contribution < -0.4 is 0 Å². The second-order valence-corrected chi connectivity index (χ2v) is 4.57. The van der Waals surface area contributed by atoms with Gasteiger partial charge in [0, 0.05) is 6.42 Å². The third-order valence-electron chi connectivity index (χ3n) is 2.44. The van der Waals surface area contributed by atoms with Crippen molar-refractivity contribution in [3.05, 3.63) is 0 Å². The molecule has 0 aliphatic carbocycles. The molecule has 2 heteroatoms. The largest absolute Gasteiger partial charge is 0.466 e. The van der Waals surface area contributed by atoms with Gasteiger partial charge in [0.25, 0.3) is 0 Å². The number of esters is 1. The first-order valence-corrected chi connectivity index (χ1v) is 6.32. The Balaban J connectivity index is 3.19. The van der Waals surface area contributed by atoms with Crippen LogP contribution in [0.1, 0.15) is 65.7 Å². The summed E-state index contributed by atoms with van der Waals surface area (Å²) in [6.07, 6.45) is 7.49. The van der Waals surface area contributed by atoms with Crippen LogP contribution >= 0.6 is 0 Å². The van der Waals surface area contributed by atoms with Crippen molar-refractivity contribution in [3.8, 4) is 0 Å². The number of hydrogen-bond donors (Lipinski definition) is 0. The molecular formula is C13H26O2. The normalized spacial score (nSPS) is 10.7. The quantitative estimate of drug-likeness (QED) is 0.429. The maximum atomic E-state index is 11.2. The molecule has 0 aliphatic rings. The molecule has 0 N–H and O–H groups in total. The number of ether oxygens (including phenoxy) is 1. The summed E-state index contributed by atoms with van der Waals surface area (Å²) in [6, 6.07) is 0. The van der Waals surface area contributed by atoms with Crippen molar-refractivity contribution in [2.75, 3.05) is 6.61 Å². The number of carbonyl (C=O) groups excluding carboxylic acids is 1. The highest BCUT2D eigenvalue weighted by Crippen LogP contribution is 2.06. The van der Waals surface area contributed by atoms with Crippen LogP contribution in [0, 0.1) is 5.92 Å². The van der Waals surface area contributed by atoms with E-state index in [1.54, 1.807) is 0 Å². The zero-order chi connectivity index (χ0) is 11.5. The van der Waals surface area contributed by atoms with Gasteiger partial charge in [-0.2, -0.15) is 0 Å². The monoisotopic (exact) mass is 214 g/mol. The first kappa shape index (κ1) is 14.5. The summed E-state index contributed by atoms with van der Waals surface area (Å²) < 4.78 is 5.12. The van der Waals surface area contributed by atoms with E-state index in [2.05, 4.69) is 20.8 Å². The Hall–Kier alpha value is -0.530. The van der Waals surface area contributed by atoms with Gasteiger partial charge in [0.05, 0.1) is 6.61 Å². The van der Waals surface area contributed by atoms with Crippen molar-refractivity contribution in [1.82, 2.24) is 0 Å². The number of unbranched alkanes of at least 4 members (excludes halogenated alkanes) is 4. The van der Waals surface area contributed by atoms with Gasteiger partial charge in [0.2, 0.25) is 0 Å². The van der Waals surface area contributed by atoms with Crippen LogP contribution in [-0.2, 0) is 9.53 Å². The lowest BCUT2D eigenvalue weighted by atomic mass is 10.1. The van der Waals surface area contributed by atoms with Crippen LogP contribution in [0.4, 0.5) is 0 Å². The standard InChI is InChI=1S/C13H26O2/c1-4-5-6-7-8-9-13(14)15-11-10-12(2)3/h12H,4-11H2,1-3H3. The molecule has 0 fully saturated rings. The van der Waals surface area contributed by atoms with E-state index in [-0.39, 0.29) is 5.97 Å². The molecule has 15 heavy (non-hydrogen) atoms. The van der Waals surface area contributed by atoms with Gasteiger partial charge in [0.1, 0.15) is 0 Å². The molecule has 0 rings (SSSR count). The maximum Gasteiger partial charge on any atom is 0.305 e. The van der Waals surface area contributed by atoms with Crippen LogP contribution in [-0.4, -0.2) is 12.6 Å². The van der Waals surface area contributed by atoms with E-state index in [4.69, 9.17) is 4.74 Å². The summed E-state index contributed by atoms with van der Waals surface area (Å²) in [5.74, 6) is 0.592. The van der Waals surface area contributed by atoms with Crippen molar-refractivity contribution in [2.24, 2.45) is 5.92 Å². The van der Waals surface area contributed by atoms with Crippen molar-refractivity contribution in [1.29, 1.82) is 0 Å². The van der Waals surface area contributed by atoms with E-state index < -0.39 is 0 Å². The van der Waals surface area contributed by atoms with E-state index in [1.807, 2.05) is 0 Å². The van der Waals surface area contributed by atoms with Crippen LogP contribution in [0.3, 0.4) is 0 Å². The Bertz CT molecular complexity index is 153. The first-order chi connectivity index (χ1) is 7.16. The Morgan fingerprint density at radius 1 is 1.13 bits per heavy atom. The zero-order valence-electron chi connectivity index (χ0n) is 10.6. The van der Waals surface area contributed by atoms with Crippen LogP contribution in [0.25, 0.3) is 0 Å². The molecule has 0 bridgehead atoms. The smallest absolute Gasteiger partial charge is 0.305 e. The molecule has 0 heterocycles. The number of carbonyl (C=O) groups is 1. The number of rotatable bonds is 9. The highest BCUT2D eigenvalue weighted by molar-refractivity contribution is 5.69. The molecule has 0 spiro atoms. The van der Waals surface area contributed by atoms with E-state index >= 15 is 0 Å². The summed E-state index contributed by atoms with van der Waals surface area (Å²) >= 11 is 0. The van der Waals surface area contributed by atoms with Gasteiger partial charge in [-0.1, -0.05) is 46.5 Å². The third kappa shape index (κ3) is 11.4. The van der Waals surface area contributed by atoms with E-state index in [0.717, 1.165) is 19.3 Å². The molecule has 0 aliphatic heterocycles. The average Bonchev–Trinajstić information content (AvgIpc) is 2.17. The SMILES string of the molecule is CCCCCCCC(=O)OCCC(C)C. The topological polar surface area (TPSA) is 26.3 Å². The zero-order valence-corrected chi connectivity index (χ0v) is 10.6. The first-order valence-electron chi connectivity index (χ1n) is 6.32. The summed E-state index contributed by atoms with van der Waals surface area (Å²) in [7, 11) is 0. The van der Waals surface area contributed by atoms with Crippen LogP contribution in [0.5, 0.6) is 0 Å². The van der Waals surface area contributed by atoms with Gasteiger partial charge in [-0.05, 0) is 18.8 Å². The fourth-order valence-corrected chi connectivity index (χ4v) is 1.35. The van der Waals surface area contributed by atoms with Crippen molar-refractivity contribution < 1.29 is 9.53 Å². The fourth-order valence-electron chi connectivity index (χ4n) is 1.35. The lowest BCUT2D eigenvalue weighted by Crippen LogP contribution is -2.07. The highest BCUT2D eigenvalue weighted by Gasteiger charge is 2.02. The Morgan fingerprint density at radius 3 is 2.40 bits per heavy atom.